The summed E-state index contributed by atoms with van der Waals surface area (Å²) in [6.45, 7) is 1.94. The summed E-state index contributed by atoms with van der Waals surface area (Å²) in [6, 6.07) is 9.82. The summed E-state index contributed by atoms with van der Waals surface area (Å²) < 4.78 is 37.1. The molecule has 172 valence electrons. The van der Waals surface area contributed by atoms with E-state index in [1.165, 1.54) is 32.1 Å². The lowest BCUT2D eigenvalue weighted by Crippen LogP contribution is -2.56. The summed E-state index contributed by atoms with van der Waals surface area (Å²) >= 11 is 0. The van der Waals surface area contributed by atoms with Gasteiger partial charge >= 0.3 is 18.2 Å². The number of carboxylic acids is 1. The minimum Gasteiger partial charge on any atom is -0.475 e. The molecule has 0 heterocycles. The number of alkyl carbamates (subject to hydrolysis) is 1. The average Bonchev–Trinajstić information content (AvgIpc) is 2.71. The van der Waals surface area contributed by atoms with Gasteiger partial charge in [-0.2, -0.15) is 13.2 Å². The Morgan fingerprint density at radius 3 is 2.23 bits per heavy atom. The Kier molecular flexibility index (Phi) is 7.13. The number of hydrogen-bond acceptors (Lipinski definition) is 4. The maximum absolute atomic E-state index is 12.1. The van der Waals surface area contributed by atoms with Crippen LogP contribution in [0.3, 0.4) is 0 Å². The number of hydrogen-bond donors (Lipinski definition) is 3. The van der Waals surface area contributed by atoms with Crippen LogP contribution in [0, 0.1) is 29.1 Å². The molecule has 4 aliphatic rings. The lowest BCUT2D eigenvalue weighted by atomic mass is 9.46. The Morgan fingerprint density at radius 2 is 1.71 bits per heavy atom. The Labute approximate surface area is 179 Å². The van der Waals surface area contributed by atoms with E-state index in [1.54, 1.807) is 0 Å². The van der Waals surface area contributed by atoms with E-state index in [4.69, 9.17) is 20.4 Å². The van der Waals surface area contributed by atoms with Crippen molar-refractivity contribution in [2.75, 3.05) is 13.1 Å². The number of nitrogens with one attached hydrogen (secondary N) is 1. The van der Waals surface area contributed by atoms with Crippen molar-refractivity contribution in [3.05, 3.63) is 35.9 Å². The first-order chi connectivity index (χ1) is 14.6. The molecule has 5 rings (SSSR count). The molecule has 4 saturated carbocycles. The van der Waals surface area contributed by atoms with Crippen molar-refractivity contribution >= 4 is 12.1 Å². The van der Waals surface area contributed by atoms with Gasteiger partial charge in [-0.25, -0.2) is 9.59 Å². The van der Waals surface area contributed by atoms with Crippen LogP contribution in [-0.2, 0) is 16.1 Å². The number of benzene rings is 1. The van der Waals surface area contributed by atoms with Crippen LogP contribution in [0.15, 0.2) is 30.3 Å². The van der Waals surface area contributed by atoms with Crippen LogP contribution in [0.1, 0.15) is 37.7 Å². The molecular weight excluding hydrogens is 413 g/mol. The summed E-state index contributed by atoms with van der Waals surface area (Å²) in [5, 5.41) is 10.2. The van der Waals surface area contributed by atoms with E-state index in [0.717, 1.165) is 42.3 Å². The van der Waals surface area contributed by atoms with Gasteiger partial charge < -0.3 is 20.9 Å². The van der Waals surface area contributed by atoms with Crippen LogP contribution >= 0.6 is 0 Å². The number of ether oxygens (including phenoxy) is 1. The van der Waals surface area contributed by atoms with Gasteiger partial charge in [-0.1, -0.05) is 30.3 Å². The van der Waals surface area contributed by atoms with Gasteiger partial charge in [-0.3, -0.25) is 0 Å². The molecule has 1 aromatic carbocycles. The van der Waals surface area contributed by atoms with Crippen molar-refractivity contribution in [3.8, 4) is 0 Å². The molecule has 0 aromatic heterocycles. The SMILES string of the molecule is NCC1[C@@H]2CC3C[C@H]1CC(CNC(=O)OCc1ccccc1)(C3)C2.O=C(O)C(F)(F)F. The lowest BCUT2D eigenvalue weighted by Gasteiger charge is -2.60. The van der Waals surface area contributed by atoms with Crippen molar-refractivity contribution in [2.24, 2.45) is 34.8 Å². The van der Waals surface area contributed by atoms with Crippen molar-refractivity contribution < 1.29 is 32.6 Å². The Hall–Kier alpha value is -2.29. The monoisotopic (exact) mass is 442 g/mol. The number of rotatable bonds is 5. The fraction of sp³-hybridized carbons (Fsp3) is 0.636. The molecule has 1 amide bonds. The number of carbonyl (C=O) groups is 2. The molecule has 0 radical (unpaired) electrons. The first-order valence-corrected chi connectivity index (χ1v) is 10.6. The zero-order valence-electron chi connectivity index (χ0n) is 17.2. The first-order valence-electron chi connectivity index (χ1n) is 10.6. The van der Waals surface area contributed by atoms with Crippen LogP contribution < -0.4 is 11.1 Å². The second kappa shape index (κ2) is 9.46. The van der Waals surface area contributed by atoms with E-state index in [0.29, 0.717) is 12.0 Å². The summed E-state index contributed by atoms with van der Waals surface area (Å²) in [4.78, 5) is 21.0. The average molecular weight is 442 g/mol. The molecule has 9 heteroatoms. The highest BCUT2D eigenvalue weighted by molar-refractivity contribution is 5.73. The zero-order chi connectivity index (χ0) is 22.6. The quantitative estimate of drug-likeness (QED) is 0.641. The first kappa shape index (κ1) is 23.4. The third kappa shape index (κ3) is 5.90. The van der Waals surface area contributed by atoms with E-state index in [1.807, 2.05) is 30.3 Å². The van der Waals surface area contributed by atoms with Crippen molar-refractivity contribution in [2.45, 2.75) is 44.9 Å². The fourth-order valence-corrected chi connectivity index (χ4v) is 5.93. The van der Waals surface area contributed by atoms with E-state index in [2.05, 4.69) is 5.32 Å². The predicted molar refractivity (Wildman–Crippen MR) is 107 cm³/mol. The van der Waals surface area contributed by atoms with Crippen molar-refractivity contribution in [1.82, 2.24) is 5.32 Å². The Morgan fingerprint density at radius 1 is 1.13 bits per heavy atom. The molecule has 6 nitrogen and oxygen atoms in total. The largest absolute Gasteiger partial charge is 0.490 e. The lowest BCUT2D eigenvalue weighted by molar-refractivity contribution is -0.192. The molecule has 4 aliphatic carbocycles. The number of alkyl halides is 3. The Bertz CT molecular complexity index is 756. The molecule has 5 atom stereocenters. The number of carbonyl (C=O) groups excluding carboxylic acids is 1. The Balaban J connectivity index is 0.000000339. The fourth-order valence-electron chi connectivity index (χ4n) is 5.93. The summed E-state index contributed by atoms with van der Waals surface area (Å²) in [6.07, 6.45) is 1.10. The van der Waals surface area contributed by atoms with Crippen LogP contribution in [0.2, 0.25) is 0 Å². The molecule has 3 unspecified atom stereocenters. The van der Waals surface area contributed by atoms with Crippen molar-refractivity contribution in [1.29, 1.82) is 0 Å². The topological polar surface area (TPSA) is 102 Å². The standard InChI is InChI=1S/C20H28N2O2.C2HF3O2/c21-11-18-16-6-15-7-17(18)10-20(8-15,9-16)13-22-19(23)24-12-14-4-2-1-3-5-14;3-2(4,5)1(6)7/h1-5,15-18H,6-13,21H2,(H,22,23);(H,6,7)/t15?,16-,17+,18?,20?;. The number of carboxylic acid groups (broad SMARTS) is 1. The molecule has 0 saturated heterocycles. The van der Waals surface area contributed by atoms with Gasteiger partial charge in [-0.15, -0.1) is 0 Å². The smallest absolute Gasteiger partial charge is 0.475 e. The summed E-state index contributed by atoms with van der Waals surface area (Å²) in [5.41, 5.74) is 7.35. The third-order valence-corrected chi connectivity index (χ3v) is 6.93. The molecule has 1 aromatic rings. The number of halogens is 3. The van der Waals surface area contributed by atoms with Gasteiger partial charge in [0.2, 0.25) is 0 Å². The minimum atomic E-state index is -5.08. The maximum Gasteiger partial charge on any atom is 0.490 e. The highest BCUT2D eigenvalue weighted by Gasteiger charge is 2.54. The second-order valence-electron chi connectivity index (χ2n) is 9.09. The zero-order valence-corrected chi connectivity index (χ0v) is 17.2. The van der Waals surface area contributed by atoms with E-state index in [-0.39, 0.29) is 6.09 Å². The van der Waals surface area contributed by atoms with E-state index < -0.39 is 12.1 Å². The highest BCUT2D eigenvalue weighted by atomic mass is 19.4. The van der Waals surface area contributed by atoms with Gasteiger partial charge in [0.1, 0.15) is 6.61 Å². The highest BCUT2D eigenvalue weighted by Crippen LogP contribution is 2.61. The molecule has 4 N–H and O–H groups in total. The van der Waals surface area contributed by atoms with E-state index in [9.17, 15) is 18.0 Å². The molecule has 4 bridgehead atoms. The van der Waals surface area contributed by atoms with Crippen LogP contribution in [0.5, 0.6) is 0 Å². The predicted octanol–water partition coefficient (Wildman–Crippen LogP) is 3.95. The van der Waals surface area contributed by atoms with Crippen LogP contribution in [0.4, 0.5) is 18.0 Å². The van der Waals surface area contributed by atoms with Crippen molar-refractivity contribution in [3.63, 3.8) is 0 Å². The number of amides is 1. The summed E-state index contributed by atoms with van der Waals surface area (Å²) in [7, 11) is 0. The van der Waals surface area contributed by atoms with Crippen LogP contribution in [-0.4, -0.2) is 36.4 Å². The molecule has 31 heavy (non-hydrogen) atoms. The van der Waals surface area contributed by atoms with Gasteiger partial charge in [0, 0.05) is 6.54 Å². The third-order valence-electron chi connectivity index (χ3n) is 6.93. The van der Waals surface area contributed by atoms with Gasteiger partial charge in [0.05, 0.1) is 0 Å². The molecule has 0 spiro atoms. The molecule has 4 fully saturated rings. The van der Waals surface area contributed by atoms with E-state index >= 15 is 0 Å². The summed E-state index contributed by atoms with van der Waals surface area (Å²) in [5.74, 6) is 0.381. The van der Waals surface area contributed by atoms with Gasteiger partial charge in [-0.05, 0) is 73.3 Å². The normalized spacial score (nSPS) is 30.8. The molecular formula is C22H29F3N2O4. The second-order valence-corrected chi connectivity index (χ2v) is 9.09. The maximum atomic E-state index is 12.1. The van der Waals surface area contributed by atoms with Gasteiger partial charge in [0.25, 0.3) is 0 Å². The minimum absolute atomic E-state index is 0.287. The van der Waals surface area contributed by atoms with Gasteiger partial charge in [0.15, 0.2) is 0 Å². The van der Waals surface area contributed by atoms with Crippen LogP contribution in [0.25, 0.3) is 0 Å². The number of aliphatic carboxylic acids is 1. The number of nitrogens with two attached hydrogens (primary N) is 1. The molecule has 0 aliphatic heterocycles.